The molecule has 0 radical (unpaired) electrons. The second kappa shape index (κ2) is 2.19. The van der Waals surface area contributed by atoms with Gasteiger partial charge in [-0.15, -0.1) is 0 Å². The second-order valence-corrected chi connectivity index (χ2v) is 6.31. The van der Waals surface area contributed by atoms with E-state index in [1.54, 1.807) is 0 Å². The number of aliphatic hydroxyl groups is 2. The number of hydrogen-bond donors (Lipinski definition) is 2. The highest BCUT2D eigenvalue weighted by molar-refractivity contribution is 5.21. The van der Waals surface area contributed by atoms with E-state index in [1.807, 2.05) is 0 Å². The molecular formula is C12H20O2. The number of aliphatic hydroxyl groups excluding tert-OH is 1. The van der Waals surface area contributed by atoms with E-state index in [0.717, 1.165) is 32.1 Å². The van der Waals surface area contributed by atoms with Gasteiger partial charge in [-0.05, 0) is 43.4 Å². The van der Waals surface area contributed by atoms with Crippen LogP contribution in [0.1, 0.15) is 46.0 Å². The first kappa shape index (κ1) is 9.17. The summed E-state index contributed by atoms with van der Waals surface area (Å²) in [5, 5.41) is 21.0. The first-order valence-corrected chi connectivity index (χ1v) is 5.83. The molecule has 0 aliphatic heterocycles. The van der Waals surface area contributed by atoms with Gasteiger partial charge in [0, 0.05) is 5.41 Å². The van der Waals surface area contributed by atoms with Gasteiger partial charge in [0.25, 0.3) is 0 Å². The molecule has 3 aliphatic rings. The van der Waals surface area contributed by atoms with Gasteiger partial charge >= 0.3 is 0 Å². The Morgan fingerprint density at radius 1 is 1.14 bits per heavy atom. The van der Waals surface area contributed by atoms with Crippen LogP contribution < -0.4 is 0 Å². The van der Waals surface area contributed by atoms with Crippen molar-refractivity contribution in [3.05, 3.63) is 0 Å². The van der Waals surface area contributed by atoms with Gasteiger partial charge in [0.2, 0.25) is 0 Å². The predicted octanol–water partition coefficient (Wildman–Crippen LogP) is 1.70. The first-order valence-electron chi connectivity index (χ1n) is 5.83. The molecule has 14 heavy (non-hydrogen) atoms. The molecule has 3 aliphatic carbocycles. The summed E-state index contributed by atoms with van der Waals surface area (Å²) in [4.78, 5) is 0. The average Bonchev–Trinajstić information content (AvgIpc) is 2.45. The van der Waals surface area contributed by atoms with Gasteiger partial charge in [-0.1, -0.05) is 13.8 Å². The van der Waals surface area contributed by atoms with Crippen molar-refractivity contribution in [1.82, 2.24) is 0 Å². The third kappa shape index (κ3) is 0.704. The van der Waals surface area contributed by atoms with Gasteiger partial charge in [0.05, 0.1) is 11.7 Å². The Labute approximate surface area is 85.3 Å². The van der Waals surface area contributed by atoms with Crippen molar-refractivity contribution >= 4 is 0 Å². The van der Waals surface area contributed by atoms with Gasteiger partial charge in [0.15, 0.2) is 0 Å². The van der Waals surface area contributed by atoms with Crippen molar-refractivity contribution in [2.75, 3.05) is 0 Å². The maximum atomic E-state index is 10.8. The maximum Gasteiger partial charge on any atom is 0.0759 e. The van der Waals surface area contributed by atoms with E-state index in [4.69, 9.17) is 0 Å². The molecule has 2 nitrogen and oxygen atoms in total. The van der Waals surface area contributed by atoms with Crippen molar-refractivity contribution in [1.29, 1.82) is 0 Å². The summed E-state index contributed by atoms with van der Waals surface area (Å²) < 4.78 is 0. The van der Waals surface area contributed by atoms with Gasteiger partial charge in [-0.25, -0.2) is 0 Å². The smallest absolute Gasteiger partial charge is 0.0759 e. The van der Waals surface area contributed by atoms with Crippen LogP contribution >= 0.6 is 0 Å². The zero-order valence-electron chi connectivity index (χ0n) is 9.08. The lowest BCUT2D eigenvalue weighted by molar-refractivity contribution is -0.167. The van der Waals surface area contributed by atoms with E-state index >= 15 is 0 Å². The Kier molecular flexibility index (Phi) is 1.44. The molecule has 0 heterocycles. The minimum atomic E-state index is -0.556. The third-order valence-electron chi connectivity index (χ3n) is 5.83. The summed E-state index contributed by atoms with van der Waals surface area (Å²) in [7, 11) is 0. The lowest BCUT2D eigenvalue weighted by Gasteiger charge is -2.50. The van der Waals surface area contributed by atoms with Gasteiger partial charge in [-0.3, -0.25) is 0 Å². The standard InChI is InChI=1S/C12H20O2/c1-10-5-6-12(14)8(10)3-4-11(12,2)9(13)7-10/h8-9,13-14H,3-7H2,1-2H3/t8-,9-,10+,11+,12-/m0/s1. The van der Waals surface area contributed by atoms with Crippen molar-refractivity contribution in [3.63, 3.8) is 0 Å². The van der Waals surface area contributed by atoms with E-state index in [1.165, 1.54) is 0 Å². The Bertz CT molecular complexity index is 290. The second-order valence-electron chi connectivity index (χ2n) is 6.31. The fraction of sp³-hybridized carbons (Fsp3) is 1.00. The molecular weight excluding hydrogens is 176 g/mol. The minimum Gasteiger partial charge on any atom is -0.392 e. The van der Waals surface area contributed by atoms with Crippen LogP contribution in [0.25, 0.3) is 0 Å². The molecule has 5 atom stereocenters. The van der Waals surface area contributed by atoms with E-state index in [2.05, 4.69) is 13.8 Å². The molecule has 2 heteroatoms. The molecule has 4 bridgehead atoms. The van der Waals surface area contributed by atoms with Crippen molar-refractivity contribution in [2.24, 2.45) is 16.7 Å². The summed E-state index contributed by atoms with van der Waals surface area (Å²) in [5.74, 6) is 0.448. The Morgan fingerprint density at radius 3 is 2.57 bits per heavy atom. The molecule has 0 saturated heterocycles. The van der Waals surface area contributed by atoms with E-state index < -0.39 is 5.60 Å². The molecule has 0 unspecified atom stereocenters. The van der Waals surface area contributed by atoms with Crippen molar-refractivity contribution in [2.45, 2.75) is 57.7 Å². The summed E-state index contributed by atoms with van der Waals surface area (Å²) in [5.41, 5.74) is -0.558. The molecule has 3 fully saturated rings. The highest BCUT2D eigenvalue weighted by Gasteiger charge is 2.71. The van der Waals surface area contributed by atoms with Crippen LogP contribution in [-0.4, -0.2) is 21.9 Å². The van der Waals surface area contributed by atoms with E-state index in [9.17, 15) is 10.2 Å². The van der Waals surface area contributed by atoms with E-state index in [-0.39, 0.29) is 16.9 Å². The van der Waals surface area contributed by atoms with Crippen LogP contribution in [0.2, 0.25) is 0 Å². The van der Waals surface area contributed by atoms with Crippen LogP contribution in [0.4, 0.5) is 0 Å². The fourth-order valence-electron chi connectivity index (χ4n) is 4.70. The molecule has 0 aromatic carbocycles. The molecule has 3 rings (SSSR count). The highest BCUT2D eigenvalue weighted by Crippen LogP contribution is 2.70. The SMILES string of the molecule is C[C@]12CC[C@]3(O)[C@H]1CC[C@]3(C)[C@@H](O)C2. The summed E-state index contributed by atoms with van der Waals surface area (Å²) in [6.45, 7) is 4.34. The van der Waals surface area contributed by atoms with Crippen LogP contribution in [0, 0.1) is 16.7 Å². The Balaban J connectivity index is 2.15. The largest absolute Gasteiger partial charge is 0.392 e. The molecule has 80 valence electrons. The van der Waals surface area contributed by atoms with Gasteiger partial charge in [-0.2, -0.15) is 0 Å². The third-order valence-corrected chi connectivity index (χ3v) is 5.83. The predicted molar refractivity (Wildman–Crippen MR) is 53.7 cm³/mol. The molecule has 0 amide bonds. The highest BCUT2D eigenvalue weighted by atomic mass is 16.3. The summed E-state index contributed by atoms with van der Waals surface area (Å²) >= 11 is 0. The minimum absolute atomic E-state index is 0.212. The molecule has 0 aromatic heterocycles. The van der Waals surface area contributed by atoms with Crippen molar-refractivity contribution in [3.8, 4) is 0 Å². The van der Waals surface area contributed by atoms with Gasteiger partial charge in [0.1, 0.15) is 0 Å². The quantitative estimate of drug-likeness (QED) is 0.619. The Hall–Kier alpha value is -0.0800. The monoisotopic (exact) mass is 196 g/mol. The van der Waals surface area contributed by atoms with Crippen molar-refractivity contribution < 1.29 is 10.2 Å². The number of hydrogen-bond acceptors (Lipinski definition) is 2. The van der Waals surface area contributed by atoms with Crippen LogP contribution in [0.5, 0.6) is 0 Å². The zero-order valence-corrected chi connectivity index (χ0v) is 9.08. The summed E-state index contributed by atoms with van der Waals surface area (Å²) in [6.07, 6.45) is 4.73. The normalized spacial score (nSPS) is 66.0. The molecule has 3 saturated carbocycles. The maximum absolute atomic E-state index is 10.8. The lowest BCUT2D eigenvalue weighted by atomic mass is 9.60. The lowest BCUT2D eigenvalue weighted by Crippen LogP contribution is -2.56. The summed E-state index contributed by atoms with van der Waals surface area (Å²) in [6, 6.07) is 0. The van der Waals surface area contributed by atoms with Crippen LogP contribution in [-0.2, 0) is 0 Å². The van der Waals surface area contributed by atoms with Crippen LogP contribution in [0.15, 0.2) is 0 Å². The number of rotatable bonds is 0. The first-order chi connectivity index (χ1) is 6.42. The average molecular weight is 196 g/mol. The fourth-order valence-corrected chi connectivity index (χ4v) is 4.70. The van der Waals surface area contributed by atoms with Crippen LogP contribution in [0.3, 0.4) is 0 Å². The molecule has 2 N–H and O–H groups in total. The van der Waals surface area contributed by atoms with Gasteiger partial charge < -0.3 is 10.2 Å². The molecule has 0 aromatic rings. The Morgan fingerprint density at radius 2 is 1.86 bits per heavy atom. The zero-order chi connectivity index (χ0) is 10.2. The topological polar surface area (TPSA) is 40.5 Å². The molecule has 0 spiro atoms. The van der Waals surface area contributed by atoms with E-state index in [0.29, 0.717) is 5.92 Å².